The minimum absolute atomic E-state index is 0. The van der Waals surface area contributed by atoms with Gasteiger partial charge in [0.25, 0.3) is 10.1 Å². The number of hydrogen-bond donors (Lipinski definition) is 2. The molecular formula is C3H10O4PbS. The van der Waals surface area contributed by atoms with Crippen LogP contribution in [0, 0.1) is 0 Å². The van der Waals surface area contributed by atoms with E-state index in [0.29, 0.717) is 0 Å². The zero-order chi connectivity index (χ0) is 6.78. The number of hydrogen-bond acceptors (Lipinski definition) is 3. The van der Waals surface area contributed by atoms with Gasteiger partial charge in [-0.1, -0.05) is 0 Å². The van der Waals surface area contributed by atoms with Gasteiger partial charge in [-0.15, -0.1) is 0 Å². The molecule has 0 bridgehead atoms. The molecule has 0 rings (SSSR count). The molecule has 0 fully saturated rings. The molecule has 2 radical (unpaired) electrons. The van der Waals surface area contributed by atoms with Crippen LogP contribution in [0.25, 0.3) is 0 Å². The molecule has 0 aromatic rings. The summed E-state index contributed by atoms with van der Waals surface area (Å²) in [7, 11) is -3.97. The summed E-state index contributed by atoms with van der Waals surface area (Å²) in [6.45, 7) is 1.29. The van der Waals surface area contributed by atoms with Gasteiger partial charge in [0.2, 0.25) is 0 Å². The molecule has 0 amide bonds. The van der Waals surface area contributed by atoms with Gasteiger partial charge >= 0.3 is 27.3 Å². The quantitative estimate of drug-likeness (QED) is 0.462. The fourth-order valence-corrected chi connectivity index (χ4v) is 0.914. The van der Waals surface area contributed by atoms with E-state index in [0.717, 1.165) is 0 Å². The Balaban J connectivity index is 0. The van der Waals surface area contributed by atoms with Crippen molar-refractivity contribution in [3.05, 3.63) is 0 Å². The van der Waals surface area contributed by atoms with Crippen molar-refractivity contribution in [1.82, 2.24) is 0 Å². The van der Waals surface area contributed by atoms with Crippen molar-refractivity contribution in [2.45, 2.75) is 13.0 Å². The van der Waals surface area contributed by atoms with Gasteiger partial charge in [0.1, 0.15) is 5.75 Å². The van der Waals surface area contributed by atoms with Crippen LogP contribution in [-0.4, -0.2) is 57.2 Å². The fourth-order valence-electron chi connectivity index (χ4n) is 0.305. The van der Waals surface area contributed by atoms with Crippen molar-refractivity contribution in [2.75, 3.05) is 5.75 Å². The Morgan fingerprint density at radius 2 is 1.89 bits per heavy atom. The van der Waals surface area contributed by atoms with E-state index in [-0.39, 0.29) is 27.3 Å². The zero-order valence-electron chi connectivity index (χ0n) is 5.11. The van der Waals surface area contributed by atoms with E-state index >= 15 is 0 Å². The van der Waals surface area contributed by atoms with E-state index in [1.807, 2.05) is 0 Å². The van der Waals surface area contributed by atoms with Gasteiger partial charge < -0.3 is 5.11 Å². The molecule has 0 aromatic carbocycles. The minimum atomic E-state index is -3.97. The first-order valence-electron chi connectivity index (χ1n) is 2.05. The number of aliphatic hydroxyl groups excluding tert-OH is 1. The monoisotopic (exact) mass is 350 g/mol. The van der Waals surface area contributed by atoms with Crippen molar-refractivity contribution in [1.29, 1.82) is 0 Å². The molecule has 0 saturated carbocycles. The van der Waals surface area contributed by atoms with Gasteiger partial charge in [0.05, 0.1) is 6.10 Å². The van der Waals surface area contributed by atoms with Crippen molar-refractivity contribution >= 4 is 37.4 Å². The standard InChI is InChI=1S/C3H8O4S.Pb.2H/c1-3(4)2-8(5,6)7;;;/h3-4H,2H2,1H3,(H,5,6,7);;;. The normalized spacial score (nSPS) is 14.1. The molecule has 0 saturated heterocycles. The van der Waals surface area contributed by atoms with Crippen LogP contribution in [0.1, 0.15) is 6.92 Å². The zero-order valence-corrected chi connectivity index (χ0v) is 11.4. The van der Waals surface area contributed by atoms with Crippen molar-refractivity contribution in [3.8, 4) is 0 Å². The predicted octanol–water partition coefficient (Wildman–Crippen LogP) is -1.66. The Kier molecular flexibility index (Phi) is 6.35. The second-order valence-corrected chi connectivity index (χ2v) is 3.09. The first-order chi connectivity index (χ1) is 3.42. The van der Waals surface area contributed by atoms with Gasteiger partial charge in [-0.2, -0.15) is 8.42 Å². The molecule has 0 spiro atoms. The molecular weight excluding hydrogens is 339 g/mol. The Bertz CT molecular complexity index is 149. The summed E-state index contributed by atoms with van der Waals surface area (Å²) >= 11 is 0. The Morgan fingerprint density at radius 1 is 1.56 bits per heavy atom. The average molecular weight is 349 g/mol. The molecule has 0 aliphatic rings. The number of aliphatic hydroxyl groups is 1. The Morgan fingerprint density at radius 3 is 1.89 bits per heavy atom. The van der Waals surface area contributed by atoms with Crippen LogP contribution in [0.2, 0.25) is 0 Å². The first kappa shape index (κ1) is 12.5. The van der Waals surface area contributed by atoms with E-state index in [4.69, 9.17) is 9.66 Å². The van der Waals surface area contributed by atoms with Crippen LogP contribution >= 0.6 is 0 Å². The SMILES string of the molecule is CC(O)CS(=O)(=O)O.[PbH2]. The second kappa shape index (κ2) is 4.58. The summed E-state index contributed by atoms with van der Waals surface area (Å²) in [5, 5.41) is 8.35. The van der Waals surface area contributed by atoms with E-state index in [9.17, 15) is 8.42 Å². The molecule has 0 aliphatic heterocycles. The Hall–Kier alpha value is 0.792. The molecule has 56 valence electrons. The second-order valence-electron chi connectivity index (χ2n) is 1.60. The van der Waals surface area contributed by atoms with E-state index in [1.165, 1.54) is 6.92 Å². The molecule has 6 heteroatoms. The molecule has 1 unspecified atom stereocenters. The summed E-state index contributed by atoms with van der Waals surface area (Å²) in [5.41, 5.74) is 0. The Labute approximate surface area is 74.2 Å². The van der Waals surface area contributed by atoms with Crippen LogP contribution < -0.4 is 0 Å². The average Bonchev–Trinajstić information content (AvgIpc) is 1.21. The first-order valence-corrected chi connectivity index (χ1v) is 3.66. The number of rotatable bonds is 2. The molecule has 2 N–H and O–H groups in total. The van der Waals surface area contributed by atoms with Gasteiger partial charge in [-0.3, -0.25) is 4.55 Å². The van der Waals surface area contributed by atoms with Crippen molar-refractivity contribution in [3.63, 3.8) is 0 Å². The van der Waals surface area contributed by atoms with E-state index < -0.39 is 22.0 Å². The third-order valence-corrected chi connectivity index (χ3v) is 1.36. The van der Waals surface area contributed by atoms with Crippen LogP contribution in [0.15, 0.2) is 0 Å². The molecule has 0 aliphatic carbocycles. The topological polar surface area (TPSA) is 74.6 Å². The summed E-state index contributed by atoms with van der Waals surface area (Å²) in [6.07, 6.45) is -0.995. The maximum atomic E-state index is 9.84. The third kappa shape index (κ3) is 12.1. The third-order valence-electron chi connectivity index (χ3n) is 0.452. The molecule has 1 atom stereocenters. The summed E-state index contributed by atoms with van der Waals surface area (Å²) < 4.78 is 27.7. The van der Waals surface area contributed by atoms with Crippen LogP contribution in [0.5, 0.6) is 0 Å². The molecule has 4 nitrogen and oxygen atoms in total. The van der Waals surface area contributed by atoms with E-state index in [1.54, 1.807) is 0 Å². The van der Waals surface area contributed by atoms with Crippen LogP contribution in [0.4, 0.5) is 0 Å². The maximum absolute atomic E-state index is 9.84. The van der Waals surface area contributed by atoms with Gasteiger partial charge in [0, 0.05) is 0 Å². The molecule has 0 heterocycles. The van der Waals surface area contributed by atoms with Crippen molar-refractivity contribution < 1.29 is 18.1 Å². The molecule has 9 heavy (non-hydrogen) atoms. The fraction of sp³-hybridized carbons (Fsp3) is 1.00. The molecule has 0 aromatic heterocycles. The van der Waals surface area contributed by atoms with Crippen LogP contribution in [0.3, 0.4) is 0 Å². The van der Waals surface area contributed by atoms with Gasteiger partial charge in [-0.05, 0) is 6.92 Å². The van der Waals surface area contributed by atoms with Gasteiger partial charge in [-0.25, -0.2) is 0 Å². The van der Waals surface area contributed by atoms with Crippen LogP contribution in [-0.2, 0) is 10.1 Å². The summed E-state index contributed by atoms with van der Waals surface area (Å²) in [4.78, 5) is 0. The van der Waals surface area contributed by atoms with E-state index in [2.05, 4.69) is 0 Å². The van der Waals surface area contributed by atoms with Crippen molar-refractivity contribution in [2.24, 2.45) is 0 Å². The summed E-state index contributed by atoms with van der Waals surface area (Å²) in [6, 6.07) is 0. The summed E-state index contributed by atoms with van der Waals surface area (Å²) in [5.74, 6) is -0.590. The van der Waals surface area contributed by atoms with Gasteiger partial charge in [0.15, 0.2) is 0 Å². The predicted molar refractivity (Wildman–Crippen MR) is 36.6 cm³/mol.